The van der Waals surface area contributed by atoms with E-state index in [4.69, 9.17) is 51.1 Å². The predicted molar refractivity (Wildman–Crippen MR) is 181 cm³/mol. The average molecular weight is 686 g/mol. The van der Waals surface area contributed by atoms with Crippen molar-refractivity contribution in [2.75, 3.05) is 11.6 Å². The van der Waals surface area contributed by atoms with Gasteiger partial charge in [0.25, 0.3) is 11.8 Å². The number of hydrogen-bond acceptors (Lipinski definition) is 5. The number of anilines is 1. The number of amidine groups is 1. The minimum absolute atomic E-state index is 0.0449. The molecule has 2 aromatic carbocycles. The smallest absolute Gasteiger partial charge is 0.338 e. The van der Waals surface area contributed by atoms with E-state index in [0.717, 1.165) is 24.3 Å². The van der Waals surface area contributed by atoms with Crippen molar-refractivity contribution in [1.82, 2.24) is 5.32 Å². The van der Waals surface area contributed by atoms with E-state index in [9.17, 15) is 14.4 Å². The Morgan fingerprint density at radius 1 is 0.795 bits per heavy atom. The molecule has 0 bridgehead atoms. The second kappa shape index (κ2) is 19.3. The monoisotopic (exact) mass is 683 g/mol. The lowest BCUT2D eigenvalue weighted by Gasteiger charge is -2.16. The summed E-state index contributed by atoms with van der Waals surface area (Å²) < 4.78 is 5.42. The lowest BCUT2D eigenvalue weighted by Crippen LogP contribution is -2.30. The maximum atomic E-state index is 12.7. The Bertz CT molecular complexity index is 1290. The second-order valence-electron chi connectivity index (χ2n) is 11.0. The maximum absolute atomic E-state index is 12.7. The van der Waals surface area contributed by atoms with Gasteiger partial charge in [-0.05, 0) is 36.8 Å². The first-order chi connectivity index (χ1) is 21.2. The third kappa shape index (κ3) is 11.6. The normalized spacial score (nSPS) is 12.9. The van der Waals surface area contributed by atoms with Crippen LogP contribution in [-0.4, -0.2) is 30.2 Å². The summed E-state index contributed by atoms with van der Waals surface area (Å²) in [6, 6.07) is 7.25. The number of hydrogen-bond donors (Lipinski definition) is 1. The van der Waals surface area contributed by atoms with Crippen molar-refractivity contribution in [3.05, 3.63) is 61.5 Å². The first kappa shape index (κ1) is 36.2. The number of rotatable bonds is 18. The Kier molecular flexibility index (Phi) is 15.8. The van der Waals surface area contributed by atoms with E-state index >= 15 is 0 Å². The molecule has 1 N–H and O–H groups in total. The van der Waals surface area contributed by atoms with Crippen LogP contribution in [0.4, 0.5) is 5.69 Å². The number of carbonyl (C=O) groups is 3. The Morgan fingerprint density at radius 2 is 1.34 bits per heavy atom. The fraction of sp³-hybridized carbons (Fsp3) is 0.515. The highest BCUT2D eigenvalue weighted by atomic mass is 35.5. The number of unbranched alkanes of at least 4 members (excludes halogenated alkanes) is 13. The molecule has 0 aliphatic carbocycles. The summed E-state index contributed by atoms with van der Waals surface area (Å²) in [6.07, 6.45) is 17.3. The molecule has 1 heterocycles. The lowest BCUT2D eigenvalue weighted by atomic mass is 10.0. The van der Waals surface area contributed by atoms with Gasteiger partial charge in [0.1, 0.15) is 11.5 Å². The molecule has 0 fully saturated rings. The zero-order valence-corrected chi connectivity index (χ0v) is 28.3. The van der Waals surface area contributed by atoms with Crippen LogP contribution in [0.25, 0.3) is 0 Å². The number of amides is 2. The largest absolute Gasteiger partial charge is 0.462 e. The van der Waals surface area contributed by atoms with Gasteiger partial charge in [-0.3, -0.25) is 9.59 Å². The van der Waals surface area contributed by atoms with Crippen LogP contribution in [0.1, 0.15) is 124 Å². The summed E-state index contributed by atoms with van der Waals surface area (Å²) in [5.74, 6) is -1.49. The van der Waals surface area contributed by atoms with E-state index in [1.54, 1.807) is 6.07 Å². The van der Waals surface area contributed by atoms with Crippen LogP contribution in [0.2, 0.25) is 20.1 Å². The highest BCUT2D eigenvalue weighted by Gasteiger charge is 2.31. The Hall–Kier alpha value is -2.32. The molecule has 0 unspecified atom stereocenters. The zero-order chi connectivity index (χ0) is 31.9. The van der Waals surface area contributed by atoms with Gasteiger partial charge in [-0.2, -0.15) is 10.1 Å². The molecule has 2 amide bonds. The molecule has 44 heavy (non-hydrogen) atoms. The van der Waals surface area contributed by atoms with Crippen molar-refractivity contribution in [2.45, 2.75) is 103 Å². The van der Waals surface area contributed by atoms with E-state index in [1.807, 2.05) is 0 Å². The van der Waals surface area contributed by atoms with Crippen molar-refractivity contribution < 1.29 is 19.1 Å². The third-order valence-electron chi connectivity index (χ3n) is 7.40. The van der Waals surface area contributed by atoms with Crippen molar-refractivity contribution in [2.24, 2.45) is 5.10 Å². The molecule has 0 aromatic heterocycles. The van der Waals surface area contributed by atoms with Crippen LogP contribution in [-0.2, 0) is 9.53 Å². The summed E-state index contributed by atoms with van der Waals surface area (Å²) in [6.45, 7) is 2.56. The molecule has 0 saturated heterocycles. The van der Waals surface area contributed by atoms with Gasteiger partial charge in [0.2, 0.25) is 0 Å². The van der Waals surface area contributed by atoms with Crippen LogP contribution in [0.15, 0.2) is 35.4 Å². The number of carbonyl (C=O) groups excluding carboxylic acids is 3. The molecule has 240 valence electrons. The maximum Gasteiger partial charge on any atom is 0.338 e. The molecule has 0 radical (unpaired) electrons. The number of benzene rings is 2. The lowest BCUT2D eigenvalue weighted by molar-refractivity contribution is -0.116. The SMILES string of the molecule is CCCCCCCCCCCCCCCCOC(=O)c1cc(Cl)c(N2N=C(NC(=O)c3cc(Cl)ccc3Cl)CC2=O)c(Cl)c1. The van der Waals surface area contributed by atoms with Gasteiger partial charge >= 0.3 is 5.97 Å². The van der Waals surface area contributed by atoms with Crippen molar-refractivity contribution in [3.8, 4) is 0 Å². The molecule has 3 rings (SSSR count). The summed E-state index contributed by atoms with van der Waals surface area (Å²) in [5, 5.41) is 8.38. The zero-order valence-electron chi connectivity index (χ0n) is 25.2. The first-order valence-electron chi connectivity index (χ1n) is 15.5. The minimum Gasteiger partial charge on any atom is -0.462 e. The number of ether oxygens (including phenoxy) is 1. The topological polar surface area (TPSA) is 88.1 Å². The van der Waals surface area contributed by atoms with Crippen molar-refractivity contribution >= 4 is 75.7 Å². The fourth-order valence-electron chi connectivity index (χ4n) is 4.97. The van der Waals surface area contributed by atoms with Crippen LogP contribution in [0, 0.1) is 0 Å². The van der Waals surface area contributed by atoms with E-state index in [2.05, 4.69) is 17.3 Å². The van der Waals surface area contributed by atoms with Gasteiger partial charge in [-0.25, -0.2) is 4.79 Å². The summed E-state index contributed by atoms with van der Waals surface area (Å²) in [7, 11) is 0. The van der Waals surface area contributed by atoms with Gasteiger partial charge < -0.3 is 10.1 Å². The van der Waals surface area contributed by atoms with Crippen LogP contribution < -0.4 is 10.3 Å². The highest BCUT2D eigenvalue weighted by molar-refractivity contribution is 6.41. The molecule has 2 aromatic rings. The number of esters is 1. The second-order valence-corrected chi connectivity index (χ2v) is 12.7. The standard InChI is InChI=1S/C33H41Cl4N3O4/c1-2-3-4-5-6-7-8-9-10-11-12-13-14-15-18-44-33(43)23-19-27(36)31(28(37)20-23)40-30(41)22-29(39-40)38-32(42)25-21-24(34)16-17-26(25)35/h16-17,19-21H,2-15,18,22H2,1H3,(H,38,39,42). The van der Waals surface area contributed by atoms with E-state index in [-0.39, 0.29) is 44.1 Å². The predicted octanol–water partition coefficient (Wildman–Crippen LogP) is 10.4. The first-order valence-corrected chi connectivity index (χ1v) is 17.1. The molecule has 0 spiro atoms. The average Bonchev–Trinajstić information content (AvgIpc) is 3.34. The number of nitrogens with zero attached hydrogens (tertiary/aromatic N) is 2. The Morgan fingerprint density at radius 3 is 1.91 bits per heavy atom. The number of nitrogens with one attached hydrogen (secondary N) is 1. The van der Waals surface area contributed by atoms with E-state index in [1.165, 1.54) is 94.9 Å². The van der Waals surface area contributed by atoms with Gasteiger partial charge in [-0.15, -0.1) is 0 Å². The van der Waals surface area contributed by atoms with Crippen LogP contribution in [0.3, 0.4) is 0 Å². The molecule has 1 aliphatic rings. The molecular weight excluding hydrogens is 644 g/mol. The van der Waals surface area contributed by atoms with Crippen molar-refractivity contribution in [1.29, 1.82) is 0 Å². The minimum atomic E-state index is -0.569. The molecule has 11 heteroatoms. The molecule has 0 atom stereocenters. The van der Waals surface area contributed by atoms with Gasteiger partial charge in [0, 0.05) is 5.02 Å². The third-order valence-corrected chi connectivity index (χ3v) is 8.54. The highest BCUT2D eigenvalue weighted by Crippen LogP contribution is 2.37. The van der Waals surface area contributed by atoms with Gasteiger partial charge in [-0.1, -0.05) is 137 Å². The summed E-state index contributed by atoms with van der Waals surface area (Å²) in [5.41, 5.74) is 0.418. The summed E-state index contributed by atoms with van der Waals surface area (Å²) >= 11 is 24.9. The van der Waals surface area contributed by atoms with E-state index < -0.39 is 17.8 Å². The van der Waals surface area contributed by atoms with Crippen molar-refractivity contribution in [3.63, 3.8) is 0 Å². The van der Waals surface area contributed by atoms with Crippen LogP contribution >= 0.6 is 46.4 Å². The molecule has 7 nitrogen and oxygen atoms in total. The quantitative estimate of drug-likeness (QED) is 0.125. The van der Waals surface area contributed by atoms with E-state index in [0.29, 0.717) is 11.6 Å². The van der Waals surface area contributed by atoms with Gasteiger partial charge in [0.15, 0.2) is 0 Å². The fourth-order valence-corrected chi connectivity index (χ4v) is 6.00. The molecular formula is C33H41Cl4N3O4. The Balaban J connectivity index is 1.39. The number of hydrazone groups is 1. The molecule has 1 aliphatic heterocycles. The van der Waals surface area contributed by atoms with Crippen LogP contribution in [0.5, 0.6) is 0 Å². The van der Waals surface area contributed by atoms with Gasteiger partial charge in [0.05, 0.1) is 39.2 Å². The number of halogens is 4. The Labute approximate surface area is 280 Å². The summed E-state index contributed by atoms with van der Waals surface area (Å²) in [4.78, 5) is 38.0. The molecule has 0 saturated carbocycles.